The molecular formula is C12H18N2OS. The van der Waals surface area contributed by atoms with Crippen molar-refractivity contribution >= 4 is 17.2 Å². The van der Waals surface area contributed by atoms with E-state index in [-0.39, 0.29) is 5.91 Å². The Labute approximate surface area is 100 Å². The molecule has 0 aliphatic heterocycles. The van der Waals surface area contributed by atoms with Crippen LogP contribution in [0.2, 0.25) is 0 Å². The third-order valence-corrected chi connectivity index (χ3v) is 3.61. The van der Waals surface area contributed by atoms with Gasteiger partial charge in [0.25, 0.3) is 0 Å². The number of rotatable bonds is 7. The van der Waals surface area contributed by atoms with Crippen molar-refractivity contribution in [3.05, 3.63) is 22.4 Å². The fraction of sp³-hybridized carbons (Fsp3) is 0.583. The van der Waals surface area contributed by atoms with Gasteiger partial charge in [-0.05, 0) is 30.7 Å². The first kappa shape index (κ1) is 11.6. The summed E-state index contributed by atoms with van der Waals surface area (Å²) in [6.45, 7) is 2.60. The predicted octanol–water partition coefficient (Wildman–Crippen LogP) is 1.41. The van der Waals surface area contributed by atoms with E-state index in [9.17, 15) is 4.79 Å². The van der Waals surface area contributed by atoms with Crippen LogP contribution in [0.15, 0.2) is 17.5 Å². The van der Waals surface area contributed by atoms with Gasteiger partial charge in [0.15, 0.2) is 0 Å². The minimum Gasteiger partial charge on any atom is -0.355 e. The second-order valence-electron chi connectivity index (χ2n) is 4.14. The van der Waals surface area contributed by atoms with Crippen molar-refractivity contribution in [2.45, 2.75) is 19.3 Å². The van der Waals surface area contributed by atoms with Gasteiger partial charge in [-0.1, -0.05) is 6.07 Å². The van der Waals surface area contributed by atoms with Gasteiger partial charge in [0.05, 0.1) is 0 Å². The molecule has 0 unspecified atom stereocenters. The number of carbonyl (C=O) groups is 1. The van der Waals surface area contributed by atoms with E-state index >= 15 is 0 Å². The maximum Gasteiger partial charge on any atom is 0.223 e. The number of nitrogens with one attached hydrogen (secondary N) is 2. The molecule has 1 aliphatic rings. The summed E-state index contributed by atoms with van der Waals surface area (Å²) in [4.78, 5) is 12.7. The molecule has 16 heavy (non-hydrogen) atoms. The van der Waals surface area contributed by atoms with Crippen molar-refractivity contribution in [3.63, 3.8) is 0 Å². The summed E-state index contributed by atoms with van der Waals surface area (Å²) in [6.07, 6.45) is 3.24. The molecule has 1 aromatic heterocycles. The Bertz CT molecular complexity index is 320. The lowest BCUT2D eigenvalue weighted by molar-refractivity contribution is -0.122. The molecule has 3 nitrogen and oxygen atoms in total. The Balaban J connectivity index is 1.44. The summed E-state index contributed by atoms with van der Waals surface area (Å²) in [5, 5.41) is 8.37. The van der Waals surface area contributed by atoms with Crippen LogP contribution in [0, 0.1) is 5.92 Å². The van der Waals surface area contributed by atoms with E-state index in [1.165, 1.54) is 4.88 Å². The topological polar surface area (TPSA) is 41.1 Å². The number of amides is 1. The highest BCUT2D eigenvalue weighted by molar-refractivity contribution is 7.09. The maximum absolute atomic E-state index is 11.3. The van der Waals surface area contributed by atoms with Crippen LogP contribution in [0.25, 0.3) is 0 Å². The SMILES string of the molecule is O=C(NCCNCCc1cccs1)C1CC1. The fourth-order valence-corrected chi connectivity index (χ4v) is 2.26. The van der Waals surface area contributed by atoms with Crippen molar-refractivity contribution in [1.29, 1.82) is 0 Å². The molecule has 0 radical (unpaired) electrons. The Hall–Kier alpha value is -0.870. The molecule has 0 aromatic carbocycles. The number of thiophene rings is 1. The van der Waals surface area contributed by atoms with Crippen LogP contribution < -0.4 is 10.6 Å². The fourth-order valence-electron chi connectivity index (χ4n) is 1.56. The molecule has 88 valence electrons. The van der Waals surface area contributed by atoms with Gasteiger partial charge in [-0.25, -0.2) is 0 Å². The maximum atomic E-state index is 11.3. The normalized spacial score (nSPS) is 15.0. The van der Waals surface area contributed by atoms with Gasteiger partial charge in [-0.2, -0.15) is 0 Å². The summed E-state index contributed by atoms with van der Waals surface area (Å²) < 4.78 is 0. The van der Waals surface area contributed by atoms with Crippen LogP contribution in [0.1, 0.15) is 17.7 Å². The predicted molar refractivity (Wildman–Crippen MR) is 66.6 cm³/mol. The first-order valence-corrected chi connectivity index (χ1v) is 6.75. The number of hydrogen-bond donors (Lipinski definition) is 2. The molecule has 2 rings (SSSR count). The average molecular weight is 238 g/mol. The zero-order valence-electron chi connectivity index (χ0n) is 9.37. The molecule has 1 amide bonds. The molecule has 1 fully saturated rings. The summed E-state index contributed by atoms with van der Waals surface area (Å²) in [5.74, 6) is 0.561. The summed E-state index contributed by atoms with van der Waals surface area (Å²) in [6, 6.07) is 4.23. The van der Waals surface area contributed by atoms with E-state index in [4.69, 9.17) is 0 Å². The molecule has 0 atom stereocenters. The Morgan fingerprint density at radius 3 is 2.94 bits per heavy atom. The largest absolute Gasteiger partial charge is 0.355 e. The Morgan fingerprint density at radius 2 is 2.25 bits per heavy atom. The van der Waals surface area contributed by atoms with Gasteiger partial charge in [0, 0.05) is 30.4 Å². The van der Waals surface area contributed by atoms with Gasteiger partial charge in [-0.15, -0.1) is 11.3 Å². The smallest absolute Gasteiger partial charge is 0.223 e. The Kier molecular flexibility index (Phi) is 4.36. The number of carbonyl (C=O) groups excluding carboxylic acids is 1. The van der Waals surface area contributed by atoms with Gasteiger partial charge in [0.2, 0.25) is 5.91 Å². The van der Waals surface area contributed by atoms with E-state index < -0.39 is 0 Å². The van der Waals surface area contributed by atoms with E-state index in [2.05, 4.69) is 28.1 Å². The van der Waals surface area contributed by atoms with Crippen molar-refractivity contribution in [3.8, 4) is 0 Å². The average Bonchev–Trinajstić information content (AvgIpc) is 3.02. The number of hydrogen-bond acceptors (Lipinski definition) is 3. The molecule has 0 saturated heterocycles. The zero-order chi connectivity index (χ0) is 11.2. The third kappa shape index (κ3) is 3.94. The van der Waals surface area contributed by atoms with Crippen molar-refractivity contribution < 1.29 is 4.79 Å². The molecule has 1 aliphatic carbocycles. The highest BCUT2D eigenvalue weighted by atomic mass is 32.1. The van der Waals surface area contributed by atoms with E-state index in [1.54, 1.807) is 11.3 Å². The minimum atomic E-state index is 0.236. The zero-order valence-corrected chi connectivity index (χ0v) is 10.2. The van der Waals surface area contributed by atoms with Crippen molar-refractivity contribution in [1.82, 2.24) is 10.6 Å². The van der Waals surface area contributed by atoms with E-state index in [1.807, 2.05) is 0 Å². The highest BCUT2D eigenvalue weighted by Gasteiger charge is 2.28. The second kappa shape index (κ2) is 6.01. The van der Waals surface area contributed by atoms with Crippen LogP contribution in [0.3, 0.4) is 0 Å². The molecule has 0 spiro atoms. The van der Waals surface area contributed by atoms with Crippen LogP contribution in [0.5, 0.6) is 0 Å². The standard InChI is InChI=1S/C12H18N2OS/c15-12(10-3-4-10)14-8-7-13-6-5-11-2-1-9-16-11/h1-2,9-10,13H,3-8H2,(H,14,15). The van der Waals surface area contributed by atoms with Gasteiger partial charge in [-0.3, -0.25) is 4.79 Å². The first-order chi connectivity index (χ1) is 7.86. The minimum absolute atomic E-state index is 0.236. The van der Waals surface area contributed by atoms with Crippen molar-refractivity contribution in [2.24, 2.45) is 5.92 Å². The van der Waals surface area contributed by atoms with Crippen LogP contribution >= 0.6 is 11.3 Å². The molecule has 1 aromatic rings. The van der Waals surface area contributed by atoms with Gasteiger partial charge < -0.3 is 10.6 Å². The van der Waals surface area contributed by atoms with E-state index in [0.29, 0.717) is 5.92 Å². The summed E-state index contributed by atoms with van der Waals surface area (Å²) in [7, 11) is 0. The lowest BCUT2D eigenvalue weighted by Gasteiger charge is -2.05. The summed E-state index contributed by atoms with van der Waals surface area (Å²) >= 11 is 1.79. The monoisotopic (exact) mass is 238 g/mol. The molecular weight excluding hydrogens is 220 g/mol. The molecule has 1 saturated carbocycles. The van der Waals surface area contributed by atoms with Crippen LogP contribution in [-0.2, 0) is 11.2 Å². The third-order valence-electron chi connectivity index (χ3n) is 2.68. The Morgan fingerprint density at radius 1 is 1.38 bits per heavy atom. The van der Waals surface area contributed by atoms with Crippen LogP contribution in [0.4, 0.5) is 0 Å². The lowest BCUT2D eigenvalue weighted by Crippen LogP contribution is -2.33. The second-order valence-corrected chi connectivity index (χ2v) is 5.18. The lowest BCUT2D eigenvalue weighted by atomic mass is 10.3. The van der Waals surface area contributed by atoms with Gasteiger partial charge >= 0.3 is 0 Å². The molecule has 0 bridgehead atoms. The van der Waals surface area contributed by atoms with E-state index in [0.717, 1.165) is 38.9 Å². The quantitative estimate of drug-likeness (QED) is 0.705. The molecule has 2 N–H and O–H groups in total. The summed E-state index contributed by atoms with van der Waals surface area (Å²) in [5.41, 5.74) is 0. The van der Waals surface area contributed by atoms with Gasteiger partial charge in [0.1, 0.15) is 0 Å². The highest BCUT2D eigenvalue weighted by Crippen LogP contribution is 2.28. The first-order valence-electron chi connectivity index (χ1n) is 5.87. The molecule has 4 heteroatoms. The van der Waals surface area contributed by atoms with Crippen LogP contribution in [-0.4, -0.2) is 25.5 Å². The molecule has 1 heterocycles. The van der Waals surface area contributed by atoms with Crippen molar-refractivity contribution in [2.75, 3.05) is 19.6 Å².